The van der Waals surface area contributed by atoms with Crippen molar-refractivity contribution in [3.05, 3.63) is 6.92 Å². The van der Waals surface area contributed by atoms with Gasteiger partial charge in [0.25, 0.3) is 0 Å². The number of hydrogen-bond acceptors (Lipinski definition) is 2. The Morgan fingerprint density at radius 2 is 1.71 bits per heavy atom. The highest BCUT2D eigenvalue weighted by molar-refractivity contribution is 5.69. The second-order valence-electron chi connectivity index (χ2n) is 4.14. The van der Waals surface area contributed by atoms with E-state index in [0.717, 1.165) is 0 Å². The van der Waals surface area contributed by atoms with E-state index in [1.54, 1.807) is 0 Å². The Hall–Kier alpha value is -0.530. The molecule has 0 aromatic carbocycles. The predicted octanol–water partition coefficient (Wildman–Crippen LogP) is 3.11. The van der Waals surface area contributed by atoms with Crippen LogP contribution in [0.5, 0.6) is 0 Å². The zero-order chi connectivity index (χ0) is 10.2. The van der Waals surface area contributed by atoms with Crippen molar-refractivity contribution in [3.63, 3.8) is 0 Å². The summed E-state index contributed by atoms with van der Waals surface area (Å²) in [4.78, 5) is 10.9. The van der Waals surface area contributed by atoms with Gasteiger partial charge in [0.15, 0.2) is 0 Å². The van der Waals surface area contributed by atoms with Gasteiger partial charge in [-0.1, -0.05) is 32.1 Å². The highest BCUT2D eigenvalue weighted by Gasteiger charge is 2.12. The second-order valence-corrected chi connectivity index (χ2v) is 4.14. The Morgan fingerprint density at radius 3 is 2.29 bits per heavy atom. The van der Waals surface area contributed by atoms with E-state index in [1.165, 1.54) is 44.9 Å². The van der Waals surface area contributed by atoms with Crippen LogP contribution in [0.15, 0.2) is 0 Å². The Labute approximate surface area is 87.0 Å². The molecule has 0 heterocycles. The van der Waals surface area contributed by atoms with Crippen molar-refractivity contribution in [1.82, 2.24) is 0 Å². The molecule has 81 valence electrons. The van der Waals surface area contributed by atoms with E-state index in [4.69, 9.17) is 4.74 Å². The summed E-state index contributed by atoms with van der Waals surface area (Å²) in [6, 6.07) is 0. The maximum atomic E-state index is 10.9. The van der Waals surface area contributed by atoms with Gasteiger partial charge in [-0.3, -0.25) is 4.79 Å². The standard InChI is InChI=1S/C12H21O2/c1-2-12(13)14-10-11-8-6-4-3-5-7-9-11/h11H,1-10H2. The molecule has 0 spiro atoms. The maximum absolute atomic E-state index is 10.9. The molecule has 0 unspecified atom stereocenters. The molecule has 1 radical (unpaired) electrons. The van der Waals surface area contributed by atoms with E-state index in [-0.39, 0.29) is 12.4 Å². The summed E-state index contributed by atoms with van der Waals surface area (Å²) in [7, 11) is 0. The fraction of sp³-hybridized carbons (Fsp3) is 0.833. The lowest BCUT2D eigenvalue weighted by Gasteiger charge is -2.19. The van der Waals surface area contributed by atoms with E-state index in [1.807, 2.05) is 0 Å². The molecule has 0 atom stereocenters. The molecule has 2 heteroatoms. The van der Waals surface area contributed by atoms with Gasteiger partial charge in [0.1, 0.15) is 0 Å². The molecule has 2 nitrogen and oxygen atoms in total. The minimum Gasteiger partial charge on any atom is -0.465 e. The first-order valence-electron chi connectivity index (χ1n) is 5.78. The monoisotopic (exact) mass is 197 g/mol. The summed E-state index contributed by atoms with van der Waals surface area (Å²) in [5.41, 5.74) is 0. The zero-order valence-corrected chi connectivity index (χ0v) is 8.96. The fourth-order valence-corrected chi connectivity index (χ4v) is 1.99. The van der Waals surface area contributed by atoms with E-state index >= 15 is 0 Å². The van der Waals surface area contributed by atoms with Gasteiger partial charge in [-0.05, 0) is 25.7 Å². The molecule has 0 aromatic rings. The van der Waals surface area contributed by atoms with Crippen LogP contribution in [0.1, 0.15) is 51.4 Å². The maximum Gasteiger partial charge on any atom is 0.305 e. The molecule has 0 aliphatic heterocycles. The molecule has 0 saturated heterocycles. The summed E-state index contributed by atoms with van der Waals surface area (Å²) in [5, 5.41) is 0. The summed E-state index contributed by atoms with van der Waals surface area (Å²) >= 11 is 0. The zero-order valence-electron chi connectivity index (χ0n) is 8.96. The summed E-state index contributed by atoms with van der Waals surface area (Å²) < 4.78 is 5.13. The quantitative estimate of drug-likeness (QED) is 0.650. The summed E-state index contributed by atoms with van der Waals surface area (Å²) in [6.07, 6.45) is 9.38. The van der Waals surface area contributed by atoms with Crippen molar-refractivity contribution in [3.8, 4) is 0 Å². The molecule has 1 aliphatic rings. The van der Waals surface area contributed by atoms with Crippen molar-refractivity contribution in [2.75, 3.05) is 6.61 Å². The van der Waals surface area contributed by atoms with Crippen LogP contribution in [-0.4, -0.2) is 12.6 Å². The topological polar surface area (TPSA) is 26.3 Å². The van der Waals surface area contributed by atoms with Crippen LogP contribution in [0.2, 0.25) is 0 Å². The van der Waals surface area contributed by atoms with Crippen LogP contribution in [0.25, 0.3) is 0 Å². The van der Waals surface area contributed by atoms with Crippen molar-refractivity contribution >= 4 is 5.97 Å². The molecular formula is C12H21O2. The molecule has 1 saturated carbocycles. The highest BCUT2D eigenvalue weighted by Crippen LogP contribution is 2.22. The molecular weight excluding hydrogens is 176 g/mol. The molecule has 14 heavy (non-hydrogen) atoms. The molecule has 1 fully saturated rings. The molecule has 1 rings (SSSR count). The van der Waals surface area contributed by atoms with Crippen LogP contribution in [0.4, 0.5) is 0 Å². The van der Waals surface area contributed by atoms with Crippen LogP contribution >= 0.6 is 0 Å². The lowest BCUT2D eigenvalue weighted by molar-refractivity contribution is -0.144. The first-order valence-corrected chi connectivity index (χ1v) is 5.78. The lowest BCUT2D eigenvalue weighted by Crippen LogP contribution is -2.14. The number of hydrogen-bond donors (Lipinski definition) is 0. The van der Waals surface area contributed by atoms with Gasteiger partial charge < -0.3 is 4.74 Å². The smallest absolute Gasteiger partial charge is 0.305 e. The predicted molar refractivity (Wildman–Crippen MR) is 56.7 cm³/mol. The normalized spacial score (nSPS) is 19.8. The minimum absolute atomic E-state index is 0.160. The molecule has 0 N–H and O–H groups in total. The first-order chi connectivity index (χ1) is 6.83. The molecule has 0 bridgehead atoms. The number of carbonyl (C=O) groups excluding carboxylic acids is 1. The first kappa shape index (κ1) is 11.5. The Kier molecular flexibility index (Phi) is 5.65. The van der Waals surface area contributed by atoms with E-state index in [2.05, 4.69) is 6.92 Å². The average molecular weight is 197 g/mol. The van der Waals surface area contributed by atoms with Gasteiger partial charge in [0.2, 0.25) is 0 Å². The van der Waals surface area contributed by atoms with Gasteiger partial charge in [-0.2, -0.15) is 0 Å². The average Bonchev–Trinajstić information content (AvgIpc) is 2.15. The van der Waals surface area contributed by atoms with Crippen LogP contribution < -0.4 is 0 Å². The van der Waals surface area contributed by atoms with Gasteiger partial charge in [0.05, 0.1) is 6.61 Å². The number of ether oxygens (including phenoxy) is 1. The largest absolute Gasteiger partial charge is 0.465 e. The number of esters is 1. The van der Waals surface area contributed by atoms with Crippen LogP contribution in [-0.2, 0) is 9.53 Å². The van der Waals surface area contributed by atoms with Gasteiger partial charge in [0, 0.05) is 6.42 Å². The Bertz CT molecular complexity index is 158. The fourth-order valence-electron chi connectivity index (χ4n) is 1.99. The third kappa shape index (κ3) is 4.64. The summed E-state index contributed by atoms with van der Waals surface area (Å²) in [5.74, 6) is 0.442. The number of rotatable bonds is 3. The van der Waals surface area contributed by atoms with Crippen molar-refractivity contribution in [2.24, 2.45) is 5.92 Å². The Balaban J connectivity index is 2.16. The van der Waals surface area contributed by atoms with Crippen molar-refractivity contribution in [2.45, 2.75) is 51.4 Å². The number of carbonyl (C=O) groups is 1. The molecule has 0 aromatic heterocycles. The summed E-state index contributed by atoms with van der Waals surface area (Å²) in [6.45, 7) is 4.13. The second kappa shape index (κ2) is 6.86. The lowest BCUT2D eigenvalue weighted by atomic mass is 9.92. The third-order valence-corrected chi connectivity index (χ3v) is 2.91. The highest BCUT2D eigenvalue weighted by atomic mass is 16.5. The van der Waals surface area contributed by atoms with E-state index in [9.17, 15) is 4.79 Å². The molecule has 0 amide bonds. The van der Waals surface area contributed by atoms with Gasteiger partial charge >= 0.3 is 5.97 Å². The third-order valence-electron chi connectivity index (χ3n) is 2.91. The van der Waals surface area contributed by atoms with Crippen LogP contribution in [0, 0.1) is 12.8 Å². The van der Waals surface area contributed by atoms with Crippen molar-refractivity contribution in [1.29, 1.82) is 0 Å². The van der Waals surface area contributed by atoms with Gasteiger partial charge in [-0.15, -0.1) is 0 Å². The van der Waals surface area contributed by atoms with E-state index < -0.39 is 0 Å². The molecule has 1 aliphatic carbocycles. The van der Waals surface area contributed by atoms with Crippen molar-refractivity contribution < 1.29 is 9.53 Å². The minimum atomic E-state index is -0.160. The Morgan fingerprint density at radius 1 is 1.14 bits per heavy atom. The van der Waals surface area contributed by atoms with Crippen LogP contribution in [0.3, 0.4) is 0 Å². The van der Waals surface area contributed by atoms with Gasteiger partial charge in [-0.25, -0.2) is 0 Å². The SMILES string of the molecule is [CH2]CC(=O)OCC1CCCCCCC1. The van der Waals surface area contributed by atoms with E-state index in [0.29, 0.717) is 12.5 Å².